The highest BCUT2D eigenvalue weighted by atomic mass is 32.2. The number of piperazine rings is 1. The first-order chi connectivity index (χ1) is 13.3. The van der Waals surface area contributed by atoms with Crippen LogP contribution in [0, 0.1) is 0 Å². The van der Waals surface area contributed by atoms with Crippen molar-refractivity contribution in [2.24, 2.45) is 0 Å². The Morgan fingerprint density at radius 2 is 1.18 bits per heavy atom. The second kappa shape index (κ2) is 8.32. The Kier molecular flexibility index (Phi) is 6.24. The molecule has 0 aliphatic carbocycles. The largest absolute Gasteiger partial charge is 0.243 e. The zero-order valence-corrected chi connectivity index (χ0v) is 17.8. The van der Waals surface area contributed by atoms with E-state index in [0.717, 1.165) is 12.0 Å². The standard InChI is InChI=1S/C20H26N2O4S2/c1-3-17(2)18-9-11-20(12-10-18)28(25,26)22-15-13-21(14-16-22)27(23,24)19-7-5-4-6-8-19/h4-12,17H,3,13-16H2,1-2H3/t17-/m1/s1. The molecule has 6 nitrogen and oxygen atoms in total. The van der Waals surface area contributed by atoms with Crippen LogP contribution in [0.5, 0.6) is 0 Å². The molecule has 1 fully saturated rings. The Morgan fingerprint density at radius 3 is 1.61 bits per heavy atom. The fraction of sp³-hybridized carbons (Fsp3) is 0.400. The third-order valence-corrected chi connectivity index (χ3v) is 9.10. The van der Waals surface area contributed by atoms with Crippen LogP contribution in [0.2, 0.25) is 0 Å². The maximum Gasteiger partial charge on any atom is 0.243 e. The van der Waals surface area contributed by atoms with Gasteiger partial charge in [0.1, 0.15) is 0 Å². The summed E-state index contributed by atoms with van der Waals surface area (Å²) in [5.74, 6) is 0.378. The first-order valence-corrected chi connectivity index (χ1v) is 12.3. The van der Waals surface area contributed by atoms with Crippen LogP contribution in [0.15, 0.2) is 64.4 Å². The van der Waals surface area contributed by atoms with Crippen LogP contribution in [-0.2, 0) is 20.0 Å². The number of benzene rings is 2. The molecule has 0 N–H and O–H groups in total. The molecule has 1 saturated heterocycles. The lowest BCUT2D eigenvalue weighted by Crippen LogP contribution is -2.50. The molecule has 3 rings (SSSR count). The van der Waals surface area contributed by atoms with Crippen molar-refractivity contribution in [3.8, 4) is 0 Å². The van der Waals surface area contributed by atoms with E-state index in [2.05, 4.69) is 13.8 Å². The van der Waals surface area contributed by atoms with E-state index in [1.807, 2.05) is 12.1 Å². The molecule has 1 aliphatic rings. The molecular formula is C20H26N2O4S2. The van der Waals surface area contributed by atoms with E-state index in [9.17, 15) is 16.8 Å². The minimum atomic E-state index is -3.63. The molecule has 8 heteroatoms. The van der Waals surface area contributed by atoms with Crippen LogP contribution in [-0.4, -0.2) is 51.6 Å². The monoisotopic (exact) mass is 422 g/mol. The van der Waals surface area contributed by atoms with Gasteiger partial charge in [-0.25, -0.2) is 16.8 Å². The molecule has 2 aromatic rings. The van der Waals surface area contributed by atoms with Crippen molar-refractivity contribution >= 4 is 20.0 Å². The van der Waals surface area contributed by atoms with Gasteiger partial charge in [-0.3, -0.25) is 0 Å². The van der Waals surface area contributed by atoms with Crippen LogP contribution in [0.4, 0.5) is 0 Å². The molecule has 0 amide bonds. The van der Waals surface area contributed by atoms with Crippen molar-refractivity contribution in [1.82, 2.24) is 8.61 Å². The average molecular weight is 423 g/mol. The fourth-order valence-corrected chi connectivity index (χ4v) is 6.11. The molecule has 1 heterocycles. The highest BCUT2D eigenvalue weighted by Crippen LogP contribution is 2.24. The quantitative estimate of drug-likeness (QED) is 0.717. The van der Waals surface area contributed by atoms with Gasteiger partial charge in [-0.15, -0.1) is 0 Å². The second-order valence-electron chi connectivity index (χ2n) is 7.00. The van der Waals surface area contributed by atoms with Crippen LogP contribution in [0.25, 0.3) is 0 Å². The minimum Gasteiger partial charge on any atom is -0.207 e. The van der Waals surface area contributed by atoms with Crippen molar-refractivity contribution in [1.29, 1.82) is 0 Å². The highest BCUT2D eigenvalue weighted by Gasteiger charge is 2.33. The number of nitrogens with zero attached hydrogens (tertiary/aromatic N) is 2. The predicted octanol–water partition coefficient (Wildman–Crippen LogP) is 2.90. The van der Waals surface area contributed by atoms with Gasteiger partial charge in [-0.2, -0.15) is 8.61 Å². The van der Waals surface area contributed by atoms with Gasteiger partial charge in [-0.1, -0.05) is 44.2 Å². The maximum atomic E-state index is 12.9. The van der Waals surface area contributed by atoms with E-state index in [-0.39, 0.29) is 36.0 Å². The van der Waals surface area contributed by atoms with E-state index in [0.29, 0.717) is 5.92 Å². The molecule has 0 radical (unpaired) electrons. The van der Waals surface area contributed by atoms with Crippen molar-refractivity contribution in [2.75, 3.05) is 26.2 Å². The topological polar surface area (TPSA) is 74.8 Å². The Bertz CT molecular complexity index is 996. The summed E-state index contributed by atoms with van der Waals surface area (Å²) < 4.78 is 54.0. The number of sulfonamides is 2. The summed E-state index contributed by atoms with van der Waals surface area (Å²) >= 11 is 0. The van der Waals surface area contributed by atoms with Crippen molar-refractivity contribution < 1.29 is 16.8 Å². The molecule has 0 saturated carbocycles. The van der Waals surface area contributed by atoms with Crippen molar-refractivity contribution in [3.63, 3.8) is 0 Å². The zero-order chi connectivity index (χ0) is 20.4. The Balaban J connectivity index is 1.72. The van der Waals surface area contributed by atoms with E-state index >= 15 is 0 Å². The molecular weight excluding hydrogens is 396 g/mol. The number of rotatable bonds is 6. The smallest absolute Gasteiger partial charge is 0.207 e. The molecule has 1 atom stereocenters. The van der Waals surface area contributed by atoms with Gasteiger partial charge in [0, 0.05) is 26.2 Å². The summed E-state index contributed by atoms with van der Waals surface area (Å²) in [5.41, 5.74) is 1.11. The van der Waals surface area contributed by atoms with Crippen LogP contribution in [0.1, 0.15) is 31.7 Å². The van der Waals surface area contributed by atoms with Gasteiger partial charge >= 0.3 is 0 Å². The van der Waals surface area contributed by atoms with Gasteiger partial charge in [0.2, 0.25) is 20.0 Å². The average Bonchev–Trinajstić information content (AvgIpc) is 2.74. The summed E-state index contributed by atoms with van der Waals surface area (Å²) in [6.07, 6.45) is 0.990. The molecule has 2 aromatic carbocycles. The molecule has 28 heavy (non-hydrogen) atoms. The third kappa shape index (κ3) is 4.15. The van der Waals surface area contributed by atoms with Gasteiger partial charge < -0.3 is 0 Å². The van der Waals surface area contributed by atoms with E-state index in [1.54, 1.807) is 42.5 Å². The zero-order valence-electron chi connectivity index (χ0n) is 16.2. The minimum absolute atomic E-state index is 0.140. The first kappa shape index (κ1) is 21.0. The molecule has 1 aliphatic heterocycles. The van der Waals surface area contributed by atoms with E-state index in [4.69, 9.17) is 0 Å². The SMILES string of the molecule is CC[C@@H](C)c1ccc(S(=O)(=O)N2CCN(S(=O)(=O)c3ccccc3)CC2)cc1. The van der Waals surface area contributed by atoms with Gasteiger partial charge in [0.15, 0.2) is 0 Å². The van der Waals surface area contributed by atoms with Gasteiger partial charge in [0.05, 0.1) is 9.79 Å². The van der Waals surface area contributed by atoms with E-state index < -0.39 is 20.0 Å². The number of hydrogen-bond donors (Lipinski definition) is 0. The lowest BCUT2D eigenvalue weighted by molar-refractivity contribution is 0.273. The third-order valence-electron chi connectivity index (χ3n) is 5.28. The summed E-state index contributed by atoms with van der Waals surface area (Å²) in [4.78, 5) is 0.478. The summed E-state index contributed by atoms with van der Waals surface area (Å²) in [5, 5.41) is 0. The molecule has 0 unspecified atom stereocenters. The molecule has 0 bridgehead atoms. The lowest BCUT2D eigenvalue weighted by atomic mass is 9.99. The summed E-state index contributed by atoms with van der Waals surface area (Å²) in [6.45, 7) is 4.76. The lowest BCUT2D eigenvalue weighted by Gasteiger charge is -2.33. The normalized spacial score (nSPS) is 18.1. The Hall–Kier alpha value is -1.74. The van der Waals surface area contributed by atoms with Crippen LogP contribution in [0.3, 0.4) is 0 Å². The fourth-order valence-electron chi connectivity index (χ4n) is 3.25. The van der Waals surface area contributed by atoms with Crippen LogP contribution < -0.4 is 0 Å². The second-order valence-corrected chi connectivity index (χ2v) is 10.9. The van der Waals surface area contributed by atoms with E-state index in [1.165, 1.54) is 8.61 Å². The van der Waals surface area contributed by atoms with Crippen molar-refractivity contribution in [3.05, 3.63) is 60.2 Å². The van der Waals surface area contributed by atoms with Gasteiger partial charge in [-0.05, 0) is 42.2 Å². The van der Waals surface area contributed by atoms with Crippen molar-refractivity contribution in [2.45, 2.75) is 36.0 Å². The summed E-state index contributed by atoms with van der Waals surface area (Å²) in [7, 11) is -7.23. The number of hydrogen-bond acceptors (Lipinski definition) is 4. The summed E-state index contributed by atoms with van der Waals surface area (Å²) in [6, 6.07) is 15.2. The Labute approximate surface area is 167 Å². The van der Waals surface area contributed by atoms with Gasteiger partial charge in [0.25, 0.3) is 0 Å². The maximum absolute atomic E-state index is 12.9. The molecule has 0 spiro atoms. The predicted molar refractivity (Wildman–Crippen MR) is 109 cm³/mol. The highest BCUT2D eigenvalue weighted by molar-refractivity contribution is 7.89. The Morgan fingerprint density at radius 1 is 0.750 bits per heavy atom. The van der Waals surface area contributed by atoms with Crippen LogP contribution >= 0.6 is 0 Å². The first-order valence-electron chi connectivity index (χ1n) is 9.42. The molecule has 152 valence electrons. The molecule has 0 aromatic heterocycles.